The summed E-state index contributed by atoms with van der Waals surface area (Å²) >= 11 is 1.65. The second-order valence-electron chi connectivity index (χ2n) is 12.2. The van der Waals surface area contributed by atoms with Crippen LogP contribution >= 0.6 is 0 Å². The smallest absolute Gasteiger partial charge is 0.114 e. The Morgan fingerprint density at radius 1 is 0.680 bits per heavy atom. The van der Waals surface area contributed by atoms with Crippen LogP contribution in [0.3, 0.4) is 0 Å². The van der Waals surface area contributed by atoms with Crippen LogP contribution in [0.5, 0.6) is 34.5 Å². The number of hydrogen-bond donors (Lipinski definition) is 0. The van der Waals surface area contributed by atoms with E-state index in [1.165, 1.54) is 63.5 Å². The molecule has 0 radical (unpaired) electrons. The molecule has 6 nitrogen and oxygen atoms in total. The minimum Gasteiger partial charge on any atom is -0.867 e. The zero-order chi connectivity index (χ0) is 36.9. The molecule has 0 heterocycles. The third kappa shape index (κ3) is 14.4. The summed E-state index contributed by atoms with van der Waals surface area (Å²) in [5.41, 5.74) is 5.51. The van der Waals surface area contributed by atoms with Gasteiger partial charge in [0.25, 0.3) is 0 Å². The van der Waals surface area contributed by atoms with Gasteiger partial charge in [-0.15, -0.1) is 12.0 Å². The van der Waals surface area contributed by atoms with Crippen molar-refractivity contribution in [2.45, 2.75) is 53.4 Å². The first-order chi connectivity index (χ1) is 24.1. The van der Waals surface area contributed by atoms with Gasteiger partial charge in [-0.1, -0.05) is 47.5 Å². The molecule has 7 heteroatoms. The van der Waals surface area contributed by atoms with Gasteiger partial charge >= 0.3 is 79.8 Å². The Labute approximate surface area is 314 Å². The van der Waals surface area contributed by atoms with Crippen LogP contribution in [0.4, 0.5) is 0 Å². The summed E-state index contributed by atoms with van der Waals surface area (Å²) in [5, 5.41) is 22.4. The molecule has 0 aromatic heterocycles. The monoisotopic (exact) mass is 752 g/mol. The molecule has 0 atom stereocenters. The quantitative estimate of drug-likeness (QED) is 0.148. The topological polar surface area (TPSA) is 83.0 Å². The summed E-state index contributed by atoms with van der Waals surface area (Å²) in [6.07, 6.45) is 13.7. The van der Waals surface area contributed by atoms with Crippen LogP contribution in [0.2, 0.25) is 0 Å². The molecular formula is C43H50O6Zr-2. The van der Waals surface area contributed by atoms with E-state index in [9.17, 15) is 10.2 Å². The summed E-state index contributed by atoms with van der Waals surface area (Å²) < 4.78 is 20.9. The Bertz CT molecular complexity index is 1490. The van der Waals surface area contributed by atoms with Crippen LogP contribution in [0.25, 0.3) is 11.1 Å². The maximum Gasteiger partial charge on any atom is 0.114 e. The molecule has 6 rings (SSSR count). The third-order valence-electron chi connectivity index (χ3n) is 7.28. The Kier molecular flexibility index (Phi) is 19.6. The summed E-state index contributed by atoms with van der Waals surface area (Å²) in [5.74, 6) is 2.53. The van der Waals surface area contributed by atoms with E-state index in [0.29, 0.717) is 23.0 Å². The third-order valence-corrected chi connectivity index (χ3v) is 8.28. The molecule has 0 amide bonds. The molecule has 0 N–H and O–H groups in total. The molecule has 2 aliphatic carbocycles. The van der Waals surface area contributed by atoms with Gasteiger partial charge < -0.3 is 29.2 Å². The molecule has 0 spiro atoms. The largest absolute Gasteiger partial charge is 0.867 e. The van der Waals surface area contributed by atoms with Gasteiger partial charge in [-0.3, -0.25) is 6.08 Å². The van der Waals surface area contributed by atoms with E-state index in [4.69, 9.17) is 18.9 Å². The Morgan fingerprint density at radius 2 is 1.16 bits per heavy atom. The van der Waals surface area contributed by atoms with Gasteiger partial charge in [0, 0.05) is 0 Å². The molecule has 0 unspecified atom stereocenters. The van der Waals surface area contributed by atoms with E-state index in [0.717, 1.165) is 24.7 Å². The van der Waals surface area contributed by atoms with Crippen LogP contribution < -0.4 is 29.2 Å². The van der Waals surface area contributed by atoms with E-state index in [1.54, 1.807) is 63.8 Å². The van der Waals surface area contributed by atoms with Crippen molar-refractivity contribution in [3.05, 3.63) is 120 Å². The van der Waals surface area contributed by atoms with E-state index >= 15 is 0 Å². The van der Waals surface area contributed by atoms with Crippen LogP contribution in [0.15, 0.2) is 97.1 Å². The van der Waals surface area contributed by atoms with Crippen molar-refractivity contribution in [3.63, 3.8) is 0 Å². The maximum absolute atomic E-state index is 11.2. The molecule has 4 aromatic rings. The molecule has 50 heavy (non-hydrogen) atoms. The summed E-state index contributed by atoms with van der Waals surface area (Å²) in [7, 11) is 5.82. The predicted octanol–water partition coefficient (Wildman–Crippen LogP) is 8.72. The van der Waals surface area contributed by atoms with Crippen LogP contribution in [-0.4, -0.2) is 31.6 Å². The van der Waals surface area contributed by atoms with Crippen molar-refractivity contribution >= 4 is 3.21 Å². The van der Waals surface area contributed by atoms with Gasteiger partial charge in [-0.2, -0.15) is 35.9 Å². The molecule has 2 aliphatic rings. The van der Waals surface area contributed by atoms with Gasteiger partial charge in [0.1, 0.15) is 23.0 Å². The Morgan fingerprint density at radius 3 is 1.56 bits per heavy atom. The first kappa shape index (κ1) is 42.1. The van der Waals surface area contributed by atoms with Crippen molar-refractivity contribution in [2.75, 3.05) is 28.4 Å². The van der Waals surface area contributed by atoms with Gasteiger partial charge in [0.15, 0.2) is 0 Å². The number of benzene rings is 4. The van der Waals surface area contributed by atoms with Crippen molar-refractivity contribution < 1.29 is 53.4 Å². The first-order valence-corrected chi connectivity index (χ1v) is 17.9. The molecular weight excluding hydrogens is 704 g/mol. The van der Waals surface area contributed by atoms with Gasteiger partial charge in [-0.25, -0.2) is 12.2 Å². The normalized spacial score (nSPS) is 11.3. The number of fused-ring (bicyclic) bond motifs is 3. The fraction of sp³-hybridized carbons (Fsp3) is 0.326. The zero-order valence-corrected chi connectivity index (χ0v) is 33.1. The summed E-state index contributed by atoms with van der Waals surface area (Å²) in [6.45, 7) is 9.18. The standard InChI is InChI=1S/C13H9.C9H18.2C8H10O3.C5H5.Zr/c1-3-7-12-10(5-1)9-11-6-2-4-8-13(11)12;1-8(2)6-5-7-9(3)4;2*1-10-6-4-3-5-7(11-2)8(6)9;1-2-4-5-3-1;/h1-5,7-8H,9H2;8-9H,6-7H2,1-4H3;2*3-5,9H,1-2H3;1-3H,4H2;/q-1;;;;-1;+2/p-2. The Balaban J connectivity index is 0.000000222. The summed E-state index contributed by atoms with van der Waals surface area (Å²) in [4.78, 5) is 0. The summed E-state index contributed by atoms with van der Waals surface area (Å²) in [6, 6.07) is 27.9. The average molecular weight is 754 g/mol. The zero-order valence-electron chi connectivity index (χ0n) is 30.7. The number of allylic oxidation sites excluding steroid dienone is 4. The SMILES string of the molecule is CC(C)C[C](=[Zr+2])CC(C)C.COc1cccc(OC)c1[O-].COc1cccc(OC)c1[O-].[C-]1=CC=CC1.[c-]1cccc2c1Cc1ccccc1-2. The minimum atomic E-state index is -0.211. The van der Waals surface area contributed by atoms with Gasteiger partial charge in [0.2, 0.25) is 0 Å². The molecule has 0 fully saturated rings. The van der Waals surface area contributed by atoms with Gasteiger partial charge in [0.05, 0.1) is 28.4 Å². The first-order valence-electron chi connectivity index (χ1n) is 16.7. The number of rotatable bonds is 8. The van der Waals surface area contributed by atoms with Gasteiger partial charge in [-0.05, 0) is 42.2 Å². The number of hydrogen-bond acceptors (Lipinski definition) is 6. The van der Waals surface area contributed by atoms with E-state index in [-0.39, 0.29) is 11.5 Å². The van der Waals surface area contributed by atoms with E-state index in [2.05, 4.69) is 82.3 Å². The van der Waals surface area contributed by atoms with Crippen molar-refractivity contribution in [1.82, 2.24) is 0 Å². The molecule has 4 aromatic carbocycles. The second kappa shape index (κ2) is 23.3. The van der Waals surface area contributed by atoms with E-state index < -0.39 is 0 Å². The molecule has 0 saturated carbocycles. The minimum absolute atomic E-state index is 0.211. The Hall–Kier alpha value is -4.09. The van der Waals surface area contributed by atoms with E-state index in [1.807, 2.05) is 18.2 Å². The van der Waals surface area contributed by atoms with Crippen LogP contribution in [0.1, 0.15) is 58.1 Å². The molecule has 264 valence electrons. The number of ether oxygens (including phenoxy) is 4. The second-order valence-corrected chi connectivity index (χ2v) is 13.9. The predicted molar refractivity (Wildman–Crippen MR) is 197 cm³/mol. The van der Waals surface area contributed by atoms with Crippen molar-refractivity contribution in [1.29, 1.82) is 0 Å². The molecule has 0 bridgehead atoms. The van der Waals surface area contributed by atoms with Crippen molar-refractivity contribution in [3.8, 4) is 45.6 Å². The molecule has 0 aliphatic heterocycles. The fourth-order valence-corrected chi connectivity index (χ4v) is 7.05. The maximum atomic E-state index is 11.2. The van der Waals surface area contributed by atoms with Crippen molar-refractivity contribution in [2.24, 2.45) is 11.8 Å². The average Bonchev–Trinajstić information content (AvgIpc) is 3.81. The number of para-hydroxylation sites is 2. The molecule has 0 saturated heterocycles. The number of methoxy groups -OCH3 is 4. The fourth-order valence-electron chi connectivity index (χ4n) is 5.04. The van der Waals surface area contributed by atoms with Crippen LogP contribution in [0, 0.1) is 24.0 Å². The van der Waals surface area contributed by atoms with Crippen LogP contribution in [-0.2, 0) is 30.7 Å².